The minimum atomic E-state index is -4.82. The van der Waals surface area contributed by atoms with E-state index in [9.17, 15) is 22.1 Å². The monoisotopic (exact) mass is 326 g/mol. The second-order valence-electron chi connectivity index (χ2n) is 3.93. The van der Waals surface area contributed by atoms with Crippen molar-refractivity contribution in [1.29, 1.82) is 0 Å². The van der Waals surface area contributed by atoms with Crippen molar-refractivity contribution in [1.82, 2.24) is 0 Å². The highest BCUT2D eigenvalue weighted by Crippen LogP contribution is 2.53. The summed E-state index contributed by atoms with van der Waals surface area (Å²) in [6, 6.07) is 3.94. The summed E-state index contributed by atoms with van der Waals surface area (Å²) >= 11 is 0. The van der Waals surface area contributed by atoms with E-state index in [1.807, 2.05) is 0 Å². The Morgan fingerprint density at radius 3 is 2.24 bits per heavy atom. The van der Waals surface area contributed by atoms with E-state index in [0.29, 0.717) is 11.9 Å². The fourth-order valence-corrected chi connectivity index (χ4v) is 3.15. The summed E-state index contributed by atoms with van der Waals surface area (Å²) < 4.78 is 74.3. The van der Waals surface area contributed by atoms with Crippen molar-refractivity contribution in [2.45, 2.75) is 20.0 Å². The molecule has 0 radical (unpaired) electrons. The van der Waals surface area contributed by atoms with E-state index < -0.39 is 30.7 Å². The van der Waals surface area contributed by atoms with E-state index in [-0.39, 0.29) is 13.2 Å². The van der Waals surface area contributed by atoms with Crippen LogP contribution in [-0.4, -0.2) is 19.4 Å². The lowest BCUT2D eigenvalue weighted by molar-refractivity contribution is -0.0689. The molecule has 8 heteroatoms. The van der Waals surface area contributed by atoms with Gasteiger partial charge in [-0.15, -0.1) is 0 Å². The van der Waals surface area contributed by atoms with Crippen LogP contribution in [0, 0.1) is 5.82 Å². The molecule has 0 N–H and O–H groups in total. The normalized spacial score (nSPS) is 13.5. The van der Waals surface area contributed by atoms with Crippen LogP contribution in [0.4, 0.5) is 17.6 Å². The van der Waals surface area contributed by atoms with Crippen molar-refractivity contribution in [3.8, 4) is 0 Å². The van der Waals surface area contributed by atoms with Gasteiger partial charge in [-0.25, -0.2) is 4.39 Å². The fraction of sp³-hybridized carbons (Fsp3) is 0.385. The van der Waals surface area contributed by atoms with Crippen molar-refractivity contribution < 1.29 is 31.2 Å². The van der Waals surface area contributed by atoms with Gasteiger partial charge in [0, 0.05) is 5.82 Å². The number of benzene rings is 1. The summed E-state index contributed by atoms with van der Waals surface area (Å²) in [6.07, 6.45) is -4.82. The molecule has 0 fully saturated rings. The molecular weight excluding hydrogens is 311 g/mol. The third kappa shape index (κ3) is 5.26. The SMILES string of the molecule is CCOP(=O)(/C=C(\c1cccc(F)c1)C(F)(F)F)OCC. The third-order valence-electron chi connectivity index (χ3n) is 2.35. The average Bonchev–Trinajstić information content (AvgIpc) is 2.35. The molecule has 1 rings (SSSR count). The summed E-state index contributed by atoms with van der Waals surface area (Å²) in [7, 11) is -4.06. The first kappa shape index (κ1) is 17.9. The minimum Gasteiger partial charge on any atom is -0.306 e. The Kier molecular flexibility index (Phi) is 6.13. The molecule has 1 aromatic carbocycles. The molecule has 0 amide bonds. The van der Waals surface area contributed by atoms with Crippen LogP contribution in [-0.2, 0) is 13.6 Å². The second kappa shape index (κ2) is 7.20. The van der Waals surface area contributed by atoms with E-state index in [2.05, 4.69) is 0 Å². The lowest BCUT2D eigenvalue weighted by atomic mass is 10.1. The summed E-state index contributed by atoms with van der Waals surface area (Å²) in [5, 5.41) is 0. The topological polar surface area (TPSA) is 35.5 Å². The quantitative estimate of drug-likeness (QED) is 0.545. The van der Waals surface area contributed by atoms with Crippen molar-refractivity contribution in [2.24, 2.45) is 0 Å². The highest BCUT2D eigenvalue weighted by molar-refractivity contribution is 7.57. The van der Waals surface area contributed by atoms with Gasteiger partial charge in [0.1, 0.15) is 5.82 Å². The Balaban J connectivity index is 3.37. The first-order chi connectivity index (χ1) is 9.72. The average molecular weight is 326 g/mol. The minimum absolute atomic E-state index is 0.0813. The molecule has 0 spiro atoms. The second-order valence-corrected chi connectivity index (χ2v) is 5.78. The van der Waals surface area contributed by atoms with Gasteiger partial charge >= 0.3 is 13.8 Å². The molecule has 0 aliphatic carbocycles. The van der Waals surface area contributed by atoms with E-state index in [1.54, 1.807) is 0 Å². The highest BCUT2D eigenvalue weighted by atomic mass is 31.2. The number of alkyl halides is 3. The molecular formula is C13H15F4O3P. The van der Waals surface area contributed by atoms with Gasteiger partial charge in [0.05, 0.1) is 18.8 Å². The molecule has 0 saturated carbocycles. The van der Waals surface area contributed by atoms with Crippen LogP contribution in [0.15, 0.2) is 30.1 Å². The van der Waals surface area contributed by atoms with Crippen LogP contribution < -0.4 is 0 Å². The lowest BCUT2D eigenvalue weighted by Crippen LogP contribution is -2.11. The van der Waals surface area contributed by atoms with Crippen molar-refractivity contribution in [2.75, 3.05) is 13.2 Å². The van der Waals surface area contributed by atoms with Crippen LogP contribution in [0.25, 0.3) is 5.57 Å². The fourth-order valence-electron chi connectivity index (χ4n) is 1.60. The van der Waals surface area contributed by atoms with Crippen LogP contribution in [0.3, 0.4) is 0 Å². The van der Waals surface area contributed by atoms with Gasteiger partial charge in [-0.2, -0.15) is 13.2 Å². The summed E-state index contributed by atoms with van der Waals surface area (Å²) in [6.45, 7) is 2.80. The van der Waals surface area contributed by atoms with Gasteiger partial charge in [-0.3, -0.25) is 4.57 Å². The van der Waals surface area contributed by atoms with E-state index in [4.69, 9.17) is 9.05 Å². The van der Waals surface area contributed by atoms with Crippen LogP contribution in [0.1, 0.15) is 19.4 Å². The lowest BCUT2D eigenvalue weighted by Gasteiger charge is -2.17. The maximum Gasteiger partial charge on any atom is 0.417 e. The number of halogens is 4. The summed E-state index contributed by atoms with van der Waals surface area (Å²) in [5.41, 5.74) is -1.70. The van der Waals surface area contributed by atoms with Crippen LogP contribution >= 0.6 is 7.60 Å². The molecule has 0 aromatic heterocycles. The number of hydrogen-bond donors (Lipinski definition) is 0. The molecule has 3 nitrogen and oxygen atoms in total. The van der Waals surface area contributed by atoms with Crippen molar-refractivity contribution >= 4 is 13.2 Å². The molecule has 21 heavy (non-hydrogen) atoms. The number of hydrogen-bond acceptors (Lipinski definition) is 3. The first-order valence-corrected chi connectivity index (χ1v) is 7.78. The van der Waals surface area contributed by atoms with E-state index >= 15 is 0 Å². The van der Waals surface area contributed by atoms with Crippen LogP contribution in [0.5, 0.6) is 0 Å². The first-order valence-electron chi connectivity index (χ1n) is 6.16. The summed E-state index contributed by atoms with van der Waals surface area (Å²) in [4.78, 5) is 0. The molecule has 0 atom stereocenters. The zero-order valence-corrected chi connectivity index (χ0v) is 12.4. The number of allylic oxidation sites excluding steroid dienone is 1. The maximum atomic E-state index is 13.1. The molecule has 0 saturated heterocycles. The van der Waals surface area contributed by atoms with Gasteiger partial charge in [0.15, 0.2) is 0 Å². The van der Waals surface area contributed by atoms with E-state index in [1.165, 1.54) is 13.8 Å². The van der Waals surface area contributed by atoms with Crippen molar-refractivity contribution in [3.05, 3.63) is 41.5 Å². The Morgan fingerprint density at radius 1 is 1.24 bits per heavy atom. The van der Waals surface area contributed by atoms with Gasteiger partial charge in [-0.05, 0) is 31.5 Å². The molecule has 0 heterocycles. The molecule has 118 valence electrons. The highest BCUT2D eigenvalue weighted by Gasteiger charge is 2.38. The summed E-state index contributed by atoms with van der Waals surface area (Å²) in [5.74, 6) is -0.431. The zero-order chi connectivity index (χ0) is 16.1. The van der Waals surface area contributed by atoms with Gasteiger partial charge in [-0.1, -0.05) is 12.1 Å². The standard InChI is InChI=1S/C13H15F4O3P/c1-3-19-21(18,20-4-2)9-12(13(15,16)17)10-6-5-7-11(14)8-10/h5-9H,3-4H2,1-2H3/b12-9+. The van der Waals surface area contributed by atoms with Crippen LogP contribution in [0.2, 0.25) is 0 Å². The number of rotatable bonds is 6. The van der Waals surface area contributed by atoms with Gasteiger partial charge in [0.2, 0.25) is 0 Å². The van der Waals surface area contributed by atoms with E-state index in [0.717, 1.165) is 18.2 Å². The Bertz CT molecular complexity index is 545. The predicted octanol–water partition coefficient (Wildman–Crippen LogP) is 5.00. The zero-order valence-electron chi connectivity index (χ0n) is 11.5. The Morgan fingerprint density at radius 2 is 1.81 bits per heavy atom. The largest absolute Gasteiger partial charge is 0.417 e. The van der Waals surface area contributed by atoms with Crippen molar-refractivity contribution in [3.63, 3.8) is 0 Å². The smallest absolute Gasteiger partial charge is 0.306 e. The van der Waals surface area contributed by atoms with Gasteiger partial charge in [0.25, 0.3) is 0 Å². The molecule has 0 aliphatic rings. The van der Waals surface area contributed by atoms with Gasteiger partial charge < -0.3 is 9.05 Å². The predicted molar refractivity (Wildman–Crippen MR) is 71.3 cm³/mol. The molecule has 0 aliphatic heterocycles. The molecule has 0 unspecified atom stereocenters. The molecule has 0 bridgehead atoms. The molecule has 1 aromatic rings. The third-order valence-corrected chi connectivity index (χ3v) is 4.16. The Labute approximate surface area is 120 Å². The Hall–Kier alpha value is -1.17. The maximum absolute atomic E-state index is 13.1.